The van der Waals surface area contributed by atoms with E-state index in [9.17, 15) is 9.59 Å². The van der Waals surface area contributed by atoms with Crippen LogP contribution in [0.4, 0.5) is 0 Å². The van der Waals surface area contributed by atoms with Crippen LogP contribution in [0.1, 0.15) is 24.8 Å². The maximum atomic E-state index is 11.9. The van der Waals surface area contributed by atoms with Crippen LogP contribution in [-0.4, -0.2) is 35.0 Å². The Morgan fingerprint density at radius 1 is 1.15 bits per heavy atom. The van der Waals surface area contributed by atoms with Crippen LogP contribution in [0.5, 0.6) is 0 Å². The highest BCUT2D eigenvalue weighted by molar-refractivity contribution is 5.80. The lowest BCUT2D eigenvalue weighted by Gasteiger charge is -2.21. The second-order valence-electron chi connectivity index (χ2n) is 4.42. The van der Waals surface area contributed by atoms with Crippen molar-refractivity contribution in [3.63, 3.8) is 0 Å². The van der Waals surface area contributed by atoms with Crippen molar-refractivity contribution in [1.82, 2.24) is 4.90 Å². The lowest BCUT2D eigenvalue weighted by Crippen LogP contribution is -2.34. The third-order valence-corrected chi connectivity index (χ3v) is 2.91. The monoisotopic (exact) mass is 274 g/mol. The minimum atomic E-state index is -0.985. The van der Waals surface area contributed by atoms with Crippen LogP contribution in [0.15, 0.2) is 30.3 Å². The molecule has 0 radical (unpaired) electrons. The summed E-state index contributed by atoms with van der Waals surface area (Å²) in [6, 6.07) is 11.7. The molecule has 0 aliphatic carbocycles. The predicted molar refractivity (Wildman–Crippen MR) is 73.8 cm³/mol. The Kier molecular flexibility index (Phi) is 6.83. The first-order chi connectivity index (χ1) is 9.63. The van der Waals surface area contributed by atoms with E-state index in [4.69, 9.17) is 10.4 Å². The van der Waals surface area contributed by atoms with Crippen LogP contribution in [-0.2, 0) is 16.0 Å². The van der Waals surface area contributed by atoms with Gasteiger partial charge in [0.1, 0.15) is 0 Å². The molecule has 106 valence electrons. The van der Waals surface area contributed by atoms with E-state index in [1.807, 2.05) is 36.4 Å². The number of nitrogens with zero attached hydrogens (tertiary/aromatic N) is 2. The van der Waals surface area contributed by atoms with Crippen molar-refractivity contribution in [1.29, 1.82) is 5.26 Å². The fourth-order valence-electron chi connectivity index (χ4n) is 1.83. The average molecular weight is 274 g/mol. The van der Waals surface area contributed by atoms with Crippen LogP contribution in [0.25, 0.3) is 0 Å². The first-order valence-corrected chi connectivity index (χ1v) is 6.54. The van der Waals surface area contributed by atoms with E-state index < -0.39 is 5.97 Å². The van der Waals surface area contributed by atoms with E-state index in [1.165, 1.54) is 0 Å². The normalized spacial score (nSPS) is 9.75. The van der Waals surface area contributed by atoms with Crippen LogP contribution < -0.4 is 0 Å². The minimum absolute atomic E-state index is 0.0183. The van der Waals surface area contributed by atoms with Crippen LogP contribution >= 0.6 is 0 Å². The van der Waals surface area contributed by atoms with Gasteiger partial charge in [-0.2, -0.15) is 5.26 Å². The van der Waals surface area contributed by atoms with Crippen molar-refractivity contribution < 1.29 is 14.7 Å². The highest BCUT2D eigenvalue weighted by Gasteiger charge is 2.14. The third kappa shape index (κ3) is 6.01. The summed E-state index contributed by atoms with van der Waals surface area (Å²) >= 11 is 0. The fourth-order valence-corrected chi connectivity index (χ4v) is 1.83. The van der Waals surface area contributed by atoms with Gasteiger partial charge in [-0.15, -0.1) is 0 Å². The molecule has 0 bridgehead atoms. The van der Waals surface area contributed by atoms with E-state index in [1.54, 1.807) is 4.90 Å². The summed E-state index contributed by atoms with van der Waals surface area (Å²) in [6.45, 7) is 0.853. The molecule has 1 aromatic rings. The largest absolute Gasteiger partial charge is 0.481 e. The number of aliphatic carboxylic acids is 1. The van der Waals surface area contributed by atoms with Gasteiger partial charge in [0.15, 0.2) is 0 Å². The molecule has 5 heteroatoms. The summed E-state index contributed by atoms with van der Waals surface area (Å²) in [6.07, 6.45) is 0.765. The number of nitriles is 1. The van der Waals surface area contributed by atoms with E-state index in [-0.39, 0.29) is 25.2 Å². The van der Waals surface area contributed by atoms with Crippen LogP contribution in [0.2, 0.25) is 0 Å². The molecule has 1 rings (SSSR count). The summed E-state index contributed by atoms with van der Waals surface area (Å²) in [5.74, 6) is -1.19. The van der Waals surface area contributed by atoms with Crippen molar-refractivity contribution in [2.24, 2.45) is 0 Å². The molecule has 0 saturated carbocycles. The first-order valence-electron chi connectivity index (χ1n) is 6.54. The molecule has 0 aliphatic rings. The quantitative estimate of drug-likeness (QED) is 0.784. The van der Waals surface area contributed by atoms with Gasteiger partial charge < -0.3 is 10.0 Å². The van der Waals surface area contributed by atoms with Gasteiger partial charge in [-0.25, -0.2) is 0 Å². The predicted octanol–water partition coefficient (Wildman–Crippen LogP) is 1.84. The van der Waals surface area contributed by atoms with Gasteiger partial charge in [0.05, 0.1) is 18.9 Å². The van der Waals surface area contributed by atoms with Crippen molar-refractivity contribution in [3.05, 3.63) is 35.9 Å². The van der Waals surface area contributed by atoms with E-state index >= 15 is 0 Å². The highest BCUT2D eigenvalue weighted by Crippen LogP contribution is 2.05. The molecule has 0 aromatic heterocycles. The zero-order valence-corrected chi connectivity index (χ0v) is 11.3. The number of hydrogen-bond donors (Lipinski definition) is 1. The molecule has 0 unspecified atom stereocenters. The second kappa shape index (κ2) is 8.70. The Bertz CT molecular complexity index is 480. The molecule has 0 saturated heterocycles. The highest BCUT2D eigenvalue weighted by atomic mass is 16.4. The van der Waals surface area contributed by atoms with E-state index in [2.05, 4.69) is 0 Å². The molecular weight excluding hydrogens is 256 g/mol. The van der Waals surface area contributed by atoms with Crippen molar-refractivity contribution in [3.8, 4) is 6.07 Å². The topological polar surface area (TPSA) is 81.4 Å². The maximum absolute atomic E-state index is 11.9. The van der Waals surface area contributed by atoms with Crippen LogP contribution in [0.3, 0.4) is 0 Å². The Hall–Kier alpha value is -2.35. The lowest BCUT2D eigenvalue weighted by atomic mass is 10.1. The summed E-state index contributed by atoms with van der Waals surface area (Å²) in [4.78, 5) is 24.0. The lowest BCUT2D eigenvalue weighted by molar-refractivity contribution is -0.140. The number of hydrogen-bond acceptors (Lipinski definition) is 3. The molecule has 5 nitrogen and oxygen atoms in total. The van der Waals surface area contributed by atoms with Crippen LogP contribution in [0, 0.1) is 11.3 Å². The molecular formula is C15H18N2O3. The number of benzene rings is 1. The maximum Gasteiger partial charge on any atom is 0.303 e. The molecule has 20 heavy (non-hydrogen) atoms. The Morgan fingerprint density at radius 2 is 1.85 bits per heavy atom. The van der Waals surface area contributed by atoms with Gasteiger partial charge in [0.25, 0.3) is 0 Å². The van der Waals surface area contributed by atoms with Crippen molar-refractivity contribution >= 4 is 11.9 Å². The van der Waals surface area contributed by atoms with Gasteiger partial charge in [0, 0.05) is 19.5 Å². The Labute approximate surface area is 118 Å². The molecule has 0 heterocycles. The summed E-state index contributed by atoms with van der Waals surface area (Å²) < 4.78 is 0. The molecule has 1 aromatic carbocycles. The van der Waals surface area contributed by atoms with Gasteiger partial charge >= 0.3 is 5.97 Å². The number of carbonyl (C=O) groups excluding carboxylic acids is 1. The number of carboxylic acids is 1. The van der Waals surface area contributed by atoms with E-state index in [0.29, 0.717) is 19.5 Å². The standard InChI is InChI=1S/C15H18N2O3/c16-10-4-11-17(14(18)7-8-15(19)20)12-9-13-5-2-1-3-6-13/h1-3,5-6H,4,7-9,11-12H2,(H,19,20). The molecule has 0 aliphatic heterocycles. The zero-order valence-electron chi connectivity index (χ0n) is 11.3. The second-order valence-corrected chi connectivity index (χ2v) is 4.42. The van der Waals surface area contributed by atoms with Gasteiger partial charge in [0.2, 0.25) is 5.91 Å². The number of rotatable bonds is 8. The average Bonchev–Trinajstić information content (AvgIpc) is 2.46. The number of carboxylic acid groups (broad SMARTS) is 1. The molecule has 1 amide bonds. The smallest absolute Gasteiger partial charge is 0.303 e. The zero-order chi connectivity index (χ0) is 14.8. The summed E-state index contributed by atoms with van der Waals surface area (Å²) in [5, 5.41) is 17.2. The number of amides is 1. The Morgan fingerprint density at radius 3 is 2.45 bits per heavy atom. The SMILES string of the molecule is N#CCCN(CCc1ccccc1)C(=O)CCC(=O)O. The summed E-state index contributed by atoms with van der Waals surface area (Å²) in [7, 11) is 0. The first kappa shape index (κ1) is 15.7. The summed E-state index contributed by atoms with van der Waals surface area (Å²) in [5.41, 5.74) is 1.11. The molecule has 0 spiro atoms. The van der Waals surface area contributed by atoms with Crippen molar-refractivity contribution in [2.75, 3.05) is 13.1 Å². The number of carbonyl (C=O) groups is 2. The molecule has 0 atom stereocenters. The minimum Gasteiger partial charge on any atom is -0.481 e. The molecule has 0 fully saturated rings. The van der Waals surface area contributed by atoms with Gasteiger partial charge in [-0.3, -0.25) is 9.59 Å². The molecule has 1 N–H and O–H groups in total. The van der Waals surface area contributed by atoms with Gasteiger partial charge in [-0.1, -0.05) is 30.3 Å². The Balaban J connectivity index is 2.52. The van der Waals surface area contributed by atoms with E-state index in [0.717, 1.165) is 5.56 Å². The fraction of sp³-hybridized carbons (Fsp3) is 0.400. The third-order valence-electron chi connectivity index (χ3n) is 2.91. The van der Waals surface area contributed by atoms with Crippen molar-refractivity contribution in [2.45, 2.75) is 25.7 Å². The van der Waals surface area contributed by atoms with Gasteiger partial charge in [-0.05, 0) is 12.0 Å².